The largest absolute Gasteiger partial charge is 0.310 e. The first-order valence-electron chi connectivity index (χ1n) is 26.3. The summed E-state index contributed by atoms with van der Waals surface area (Å²) in [7, 11) is 0. The first-order chi connectivity index (χ1) is 37.7. The number of hydrogen-bond acceptors (Lipinski definition) is 2. The van der Waals surface area contributed by atoms with Crippen LogP contribution in [0.4, 0.5) is 34.1 Å². The van der Waals surface area contributed by atoms with Crippen LogP contribution in [-0.4, -0.2) is 0 Å². The highest BCUT2D eigenvalue weighted by molar-refractivity contribution is 5.92. The molecule has 1 unspecified atom stereocenters. The molecule has 0 saturated heterocycles. The van der Waals surface area contributed by atoms with Gasteiger partial charge in [0.1, 0.15) is 0 Å². The van der Waals surface area contributed by atoms with Crippen molar-refractivity contribution in [2.24, 2.45) is 0 Å². The van der Waals surface area contributed by atoms with E-state index in [2.05, 4.69) is 325 Å². The van der Waals surface area contributed by atoms with Crippen LogP contribution in [0.5, 0.6) is 0 Å². The van der Waals surface area contributed by atoms with E-state index in [1.165, 1.54) is 72.3 Å². The van der Waals surface area contributed by atoms with E-state index in [-0.39, 0.29) is 0 Å². The molecule has 12 aromatic rings. The fraction of sp³-hybridized carbons (Fsp3) is 0.0270. The van der Waals surface area contributed by atoms with Gasteiger partial charge in [0.25, 0.3) is 0 Å². The van der Waals surface area contributed by atoms with Crippen molar-refractivity contribution in [2.75, 3.05) is 9.80 Å². The molecule has 2 aliphatic rings. The first-order valence-corrected chi connectivity index (χ1v) is 26.3. The summed E-state index contributed by atoms with van der Waals surface area (Å²) in [5.74, 6) is 0. The van der Waals surface area contributed by atoms with Crippen LogP contribution in [0, 0.1) is 0 Å². The number of fused-ring (bicyclic) bond motifs is 6. The molecule has 76 heavy (non-hydrogen) atoms. The van der Waals surface area contributed by atoms with Crippen molar-refractivity contribution < 1.29 is 0 Å². The van der Waals surface area contributed by atoms with Gasteiger partial charge < -0.3 is 9.80 Å². The third kappa shape index (κ3) is 7.10. The van der Waals surface area contributed by atoms with Crippen LogP contribution in [0.1, 0.15) is 44.5 Å². The Morgan fingerprint density at radius 1 is 0.184 bits per heavy atom. The number of anilines is 6. The lowest BCUT2D eigenvalue weighted by atomic mass is 9.67. The van der Waals surface area contributed by atoms with Crippen molar-refractivity contribution in [1.29, 1.82) is 0 Å². The Kier molecular flexibility index (Phi) is 11.0. The lowest BCUT2D eigenvalue weighted by molar-refractivity contribution is 0.768. The van der Waals surface area contributed by atoms with Gasteiger partial charge in [0.2, 0.25) is 0 Å². The second kappa shape index (κ2) is 18.6. The molecule has 2 nitrogen and oxygen atoms in total. The minimum atomic E-state index is -0.658. The maximum Gasteiger partial charge on any atom is 0.0715 e. The Bertz CT molecular complexity index is 3960. The molecule has 2 heteroatoms. The van der Waals surface area contributed by atoms with Crippen LogP contribution in [0.2, 0.25) is 0 Å². The molecule has 12 aromatic carbocycles. The third-order valence-electron chi connectivity index (χ3n) is 16.0. The van der Waals surface area contributed by atoms with Crippen LogP contribution < -0.4 is 9.80 Å². The van der Waals surface area contributed by atoms with Crippen LogP contribution in [0.25, 0.3) is 33.4 Å². The Labute approximate surface area is 445 Å². The van der Waals surface area contributed by atoms with Crippen molar-refractivity contribution in [1.82, 2.24) is 0 Å². The SMILES string of the molecule is c1ccc(N(c2cccc(-c3ccc4c(c3)C(c3ccccc3)(c3ccccc3)c3ccccc3-4)c2)c2cccc(C3(c4ccccc4)c4ccccc4-c4ccc(N(c5ccccc5)c5ccccc5)cc43)c2)cc1. The van der Waals surface area contributed by atoms with Gasteiger partial charge in [-0.15, -0.1) is 0 Å². The number of para-hydroxylation sites is 3. The summed E-state index contributed by atoms with van der Waals surface area (Å²) in [5, 5.41) is 0. The Morgan fingerprint density at radius 2 is 0.513 bits per heavy atom. The molecule has 2 aliphatic carbocycles. The number of hydrogen-bond donors (Lipinski definition) is 0. The molecular weight excluding hydrogens is 917 g/mol. The molecule has 0 N–H and O–H groups in total. The summed E-state index contributed by atoms with van der Waals surface area (Å²) in [4.78, 5) is 4.81. The maximum absolute atomic E-state index is 2.46. The maximum atomic E-state index is 2.46. The van der Waals surface area contributed by atoms with Crippen LogP contribution in [0.3, 0.4) is 0 Å². The van der Waals surface area contributed by atoms with Crippen molar-refractivity contribution in [2.45, 2.75) is 10.8 Å². The number of benzene rings is 12. The van der Waals surface area contributed by atoms with Crippen molar-refractivity contribution in [3.05, 3.63) is 360 Å². The molecule has 0 bridgehead atoms. The van der Waals surface area contributed by atoms with Gasteiger partial charge in [0.05, 0.1) is 10.8 Å². The predicted octanol–water partition coefficient (Wildman–Crippen LogP) is 19.0. The van der Waals surface area contributed by atoms with Gasteiger partial charge >= 0.3 is 0 Å². The summed E-state index contributed by atoms with van der Waals surface area (Å²) < 4.78 is 0. The summed E-state index contributed by atoms with van der Waals surface area (Å²) in [6, 6.07) is 116. The fourth-order valence-electron chi connectivity index (χ4n) is 12.8. The van der Waals surface area contributed by atoms with E-state index in [9.17, 15) is 0 Å². The molecular formula is C74H52N2. The molecule has 1 atom stereocenters. The lowest BCUT2D eigenvalue weighted by Crippen LogP contribution is -2.29. The van der Waals surface area contributed by atoms with Gasteiger partial charge in [-0.2, -0.15) is 0 Å². The van der Waals surface area contributed by atoms with E-state index in [1.807, 2.05) is 0 Å². The van der Waals surface area contributed by atoms with E-state index >= 15 is 0 Å². The summed E-state index contributed by atoms with van der Waals surface area (Å²) in [6.45, 7) is 0. The molecule has 0 fully saturated rings. The Balaban J connectivity index is 0.946. The lowest BCUT2D eigenvalue weighted by Gasteiger charge is -2.36. The second-order valence-electron chi connectivity index (χ2n) is 20.0. The topological polar surface area (TPSA) is 6.48 Å². The molecule has 0 amide bonds. The molecule has 14 rings (SSSR count). The summed E-state index contributed by atoms with van der Waals surface area (Å²) in [5.41, 5.74) is 22.8. The van der Waals surface area contributed by atoms with Crippen molar-refractivity contribution in [3.8, 4) is 33.4 Å². The normalized spacial score (nSPS) is 14.5. The highest BCUT2D eigenvalue weighted by atomic mass is 15.1. The Hall–Kier alpha value is -9.76. The molecule has 358 valence electrons. The van der Waals surface area contributed by atoms with Gasteiger partial charge in [0, 0.05) is 34.1 Å². The van der Waals surface area contributed by atoms with E-state index in [0.717, 1.165) is 39.7 Å². The summed E-state index contributed by atoms with van der Waals surface area (Å²) in [6.07, 6.45) is 0. The molecule has 0 aliphatic heterocycles. The second-order valence-corrected chi connectivity index (χ2v) is 20.0. The van der Waals surface area contributed by atoms with E-state index in [1.54, 1.807) is 0 Å². The minimum Gasteiger partial charge on any atom is -0.310 e. The van der Waals surface area contributed by atoms with E-state index < -0.39 is 10.8 Å². The highest BCUT2D eigenvalue weighted by Gasteiger charge is 2.48. The minimum absolute atomic E-state index is 0.493. The van der Waals surface area contributed by atoms with Crippen molar-refractivity contribution in [3.63, 3.8) is 0 Å². The summed E-state index contributed by atoms with van der Waals surface area (Å²) >= 11 is 0. The third-order valence-corrected chi connectivity index (χ3v) is 16.0. The van der Waals surface area contributed by atoms with Crippen LogP contribution >= 0.6 is 0 Å². The molecule has 0 spiro atoms. The zero-order valence-corrected chi connectivity index (χ0v) is 41.9. The zero-order chi connectivity index (χ0) is 50.5. The van der Waals surface area contributed by atoms with Gasteiger partial charge in [0.15, 0.2) is 0 Å². The average Bonchev–Trinajstić information content (AvgIpc) is 4.19. The monoisotopic (exact) mass is 968 g/mol. The van der Waals surface area contributed by atoms with Gasteiger partial charge in [-0.25, -0.2) is 0 Å². The highest BCUT2D eigenvalue weighted by Crippen LogP contribution is 2.59. The van der Waals surface area contributed by atoms with Gasteiger partial charge in [-0.3, -0.25) is 0 Å². The van der Waals surface area contributed by atoms with E-state index in [4.69, 9.17) is 0 Å². The molecule has 0 aromatic heterocycles. The smallest absolute Gasteiger partial charge is 0.0715 e. The van der Waals surface area contributed by atoms with Gasteiger partial charge in [-0.1, -0.05) is 237 Å². The number of nitrogens with zero attached hydrogens (tertiary/aromatic N) is 2. The van der Waals surface area contributed by atoms with Crippen LogP contribution in [0.15, 0.2) is 315 Å². The zero-order valence-electron chi connectivity index (χ0n) is 41.9. The number of rotatable bonds is 11. The quantitative estimate of drug-likeness (QED) is 0.127. The first kappa shape index (κ1) is 44.9. The van der Waals surface area contributed by atoms with Crippen molar-refractivity contribution >= 4 is 34.1 Å². The molecule has 0 radical (unpaired) electrons. The van der Waals surface area contributed by atoms with E-state index in [0.29, 0.717) is 0 Å². The molecule has 0 heterocycles. The predicted molar refractivity (Wildman–Crippen MR) is 316 cm³/mol. The van der Waals surface area contributed by atoms with Gasteiger partial charge in [-0.05, 0) is 157 Å². The average molecular weight is 969 g/mol. The van der Waals surface area contributed by atoms with Crippen LogP contribution in [-0.2, 0) is 10.8 Å². The molecule has 0 saturated carbocycles. The Morgan fingerprint density at radius 3 is 1.03 bits per heavy atom. The standard InChI is InChI=1S/C74H52N2/c1-7-26-55(27-8-1)73(56-28-9-2-10-29-56)69-43-21-19-41-65(69)67-47-45-54(50-71(67)73)53-25-23-39-62(49-53)76(61-37-17-6-18-38-61)63-40-24-32-58(51-63)74(57-30-11-3-12-31-57)70-44-22-20-42-66(70)68-48-46-64(52-72(68)74)75(59-33-13-4-14-34-59)60-35-15-5-16-36-60/h1-52H. The fourth-order valence-corrected chi connectivity index (χ4v) is 12.8.